The van der Waals surface area contributed by atoms with E-state index < -0.39 is 10.8 Å². The number of primary amides is 1. The minimum absolute atomic E-state index is 0.0853. The number of nitrogens with one attached hydrogen (secondary N) is 1. The Kier molecular flexibility index (Phi) is 5.16. The van der Waals surface area contributed by atoms with Crippen LogP contribution in [0.4, 0.5) is 11.4 Å². The van der Waals surface area contributed by atoms with Gasteiger partial charge in [-0.2, -0.15) is 0 Å². The highest BCUT2D eigenvalue weighted by molar-refractivity contribution is 5.94. The predicted molar refractivity (Wildman–Crippen MR) is 100 cm³/mol. The molecular formula is C19H21N3O5. The third-order valence-electron chi connectivity index (χ3n) is 4.33. The summed E-state index contributed by atoms with van der Waals surface area (Å²) in [4.78, 5) is 22.1. The van der Waals surface area contributed by atoms with Crippen LogP contribution in [-0.4, -0.2) is 23.5 Å². The summed E-state index contributed by atoms with van der Waals surface area (Å²) in [6.45, 7) is 4.71. The number of rotatable bonds is 7. The van der Waals surface area contributed by atoms with Crippen LogP contribution in [0.2, 0.25) is 0 Å². The molecule has 2 aromatic rings. The number of carbonyl (C=O) groups excluding carboxylic acids is 1. The third-order valence-corrected chi connectivity index (χ3v) is 4.33. The van der Waals surface area contributed by atoms with Gasteiger partial charge in [-0.1, -0.05) is 0 Å². The van der Waals surface area contributed by atoms with E-state index in [4.69, 9.17) is 15.2 Å². The van der Waals surface area contributed by atoms with E-state index in [0.29, 0.717) is 18.8 Å². The molecule has 0 radical (unpaired) electrons. The number of nitro benzene ring substituents is 1. The molecule has 0 bridgehead atoms. The van der Waals surface area contributed by atoms with Gasteiger partial charge in [0.25, 0.3) is 5.69 Å². The van der Waals surface area contributed by atoms with Gasteiger partial charge in [-0.05, 0) is 38.1 Å². The van der Waals surface area contributed by atoms with Crippen molar-refractivity contribution >= 4 is 17.3 Å². The van der Waals surface area contributed by atoms with Crippen molar-refractivity contribution in [1.82, 2.24) is 0 Å². The molecule has 3 N–H and O–H groups in total. The maximum atomic E-state index is 11.3. The Morgan fingerprint density at radius 1 is 1.41 bits per heavy atom. The normalized spacial score (nSPS) is 15.0. The number of nitrogens with zero attached hydrogens (tertiary/aromatic N) is 1. The van der Waals surface area contributed by atoms with Gasteiger partial charge in [0, 0.05) is 35.7 Å². The lowest BCUT2D eigenvalue weighted by atomic mass is 10.1. The van der Waals surface area contributed by atoms with Gasteiger partial charge in [-0.25, -0.2) is 0 Å². The molecule has 27 heavy (non-hydrogen) atoms. The SMILES string of the molecule is CCOc1cc2c(cc1CNc1ccc(C(N)=O)cc1[N+](=O)[O-])O[C@H](C)C2. The highest BCUT2D eigenvalue weighted by atomic mass is 16.6. The van der Waals surface area contributed by atoms with E-state index in [1.807, 2.05) is 26.0 Å². The van der Waals surface area contributed by atoms with Crippen molar-refractivity contribution in [2.75, 3.05) is 11.9 Å². The van der Waals surface area contributed by atoms with Gasteiger partial charge < -0.3 is 20.5 Å². The van der Waals surface area contributed by atoms with Gasteiger partial charge in [-0.3, -0.25) is 14.9 Å². The number of anilines is 1. The summed E-state index contributed by atoms with van der Waals surface area (Å²) in [6.07, 6.45) is 0.934. The fourth-order valence-corrected chi connectivity index (χ4v) is 3.09. The average molecular weight is 371 g/mol. The number of amides is 1. The van der Waals surface area contributed by atoms with E-state index in [-0.39, 0.29) is 17.4 Å². The van der Waals surface area contributed by atoms with Gasteiger partial charge in [-0.15, -0.1) is 0 Å². The first-order valence-corrected chi connectivity index (χ1v) is 8.66. The van der Waals surface area contributed by atoms with Crippen LogP contribution in [0.25, 0.3) is 0 Å². The molecule has 142 valence electrons. The Morgan fingerprint density at radius 2 is 2.19 bits per heavy atom. The second kappa shape index (κ2) is 7.53. The average Bonchev–Trinajstić information content (AvgIpc) is 2.98. The molecule has 2 aromatic carbocycles. The molecule has 1 heterocycles. The minimum atomic E-state index is -0.715. The number of nitrogens with two attached hydrogens (primary N) is 1. The lowest BCUT2D eigenvalue weighted by molar-refractivity contribution is -0.384. The standard InChI is InChI=1S/C19H21N3O5/c1-3-26-17-8-13-6-11(2)27-18(13)9-14(17)10-21-15-5-4-12(19(20)23)7-16(15)22(24)25/h4-5,7-9,11,21H,3,6,10H2,1-2H3,(H2,20,23)/t11-/m1/s1. The van der Waals surface area contributed by atoms with Crippen molar-refractivity contribution in [2.24, 2.45) is 5.73 Å². The number of hydrogen-bond acceptors (Lipinski definition) is 6. The van der Waals surface area contributed by atoms with E-state index in [2.05, 4.69) is 5.32 Å². The maximum Gasteiger partial charge on any atom is 0.293 e. The highest BCUT2D eigenvalue weighted by Crippen LogP contribution is 2.36. The molecule has 3 rings (SSSR count). The summed E-state index contributed by atoms with van der Waals surface area (Å²) < 4.78 is 11.5. The first kappa shape index (κ1) is 18.5. The molecule has 1 aliphatic heterocycles. The summed E-state index contributed by atoms with van der Waals surface area (Å²) >= 11 is 0. The Hall–Kier alpha value is -3.29. The Labute approximate surface area is 156 Å². The smallest absolute Gasteiger partial charge is 0.293 e. The fourth-order valence-electron chi connectivity index (χ4n) is 3.09. The first-order chi connectivity index (χ1) is 12.9. The summed E-state index contributed by atoms with van der Waals surface area (Å²) in [5.74, 6) is 0.812. The van der Waals surface area contributed by atoms with Gasteiger partial charge in [0.1, 0.15) is 23.3 Å². The van der Waals surface area contributed by atoms with E-state index in [1.165, 1.54) is 18.2 Å². The molecule has 0 saturated carbocycles. The first-order valence-electron chi connectivity index (χ1n) is 8.66. The molecule has 0 spiro atoms. The molecule has 0 aliphatic carbocycles. The van der Waals surface area contributed by atoms with Crippen molar-refractivity contribution in [3.63, 3.8) is 0 Å². The summed E-state index contributed by atoms with van der Waals surface area (Å²) in [5.41, 5.74) is 7.29. The largest absolute Gasteiger partial charge is 0.494 e. The van der Waals surface area contributed by atoms with Crippen molar-refractivity contribution in [3.8, 4) is 11.5 Å². The van der Waals surface area contributed by atoms with Gasteiger partial charge in [0.2, 0.25) is 5.91 Å². The zero-order valence-electron chi connectivity index (χ0n) is 15.2. The third kappa shape index (κ3) is 3.94. The summed E-state index contributed by atoms with van der Waals surface area (Å²) in [7, 11) is 0. The van der Waals surface area contributed by atoms with E-state index in [0.717, 1.165) is 29.0 Å². The topological polar surface area (TPSA) is 117 Å². The van der Waals surface area contributed by atoms with Crippen LogP contribution < -0.4 is 20.5 Å². The molecule has 1 aliphatic rings. The number of carbonyl (C=O) groups is 1. The zero-order valence-corrected chi connectivity index (χ0v) is 15.2. The Bertz CT molecular complexity index is 897. The van der Waals surface area contributed by atoms with Crippen LogP contribution in [0.5, 0.6) is 11.5 Å². The van der Waals surface area contributed by atoms with Crippen molar-refractivity contribution in [3.05, 3.63) is 57.1 Å². The Morgan fingerprint density at radius 3 is 2.85 bits per heavy atom. The zero-order chi connectivity index (χ0) is 19.6. The predicted octanol–water partition coefficient (Wildman–Crippen LogP) is 3.03. The summed E-state index contributed by atoms with van der Waals surface area (Å²) in [6, 6.07) is 7.96. The monoisotopic (exact) mass is 371 g/mol. The molecule has 8 nitrogen and oxygen atoms in total. The van der Waals surface area contributed by atoms with Crippen LogP contribution in [0.3, 0.4) is 0 Å². The molecule has 1 amide bonds. The van der Waals surface area contributed by atoms with Crippen LogP contribution in [0, 0.1) is 10.1 Å². The number of hydrogen-bond donors (Lipinski definition) is 2. The second-order valence-corrected chi connectivity index (χ2v) is 6.34. The number of nitro groups is 1. The number of benzene rings is 2. The lowest BCUT2D eigenvalue weighted by Crippen LogP contribution is -2.12. The molecule has 0 fully saturated rings. The number of ether oxygens (including phenoxy) is 2. The number of fused-ring (bicyclic) bond motifs is 1. The lowest BCUT2D eigenvalue weighted by Gasteiger charge is -2.14. The Balaban J connectivity index is 1.87. The van der Waals surface area contributed by atoms with Gasteiger partial charge in [0.15, 0.2) is 0 Å². The molecule has 0 aromatic heterocycles. The van der Waals surface area contributed by atoms with Crippen LogP contribution in [-0.2, 0) is 13.0 Å². The van der Waals surface area contributed by atoms with Crippen molar-refractivity contribution < 1.29 is 19.2 Å². The van der Waals surface area contributed by atoms with Crippen LogP contribution >= 0.6 is 0 Å². The molecular weight excluding hydrogens is 350 g/mol. The van der Waals surface area contributed by atoms with E-state index >= 15 is 0 Å². The molecule has 0 unspecified atom stereocenters. The molecule has 0 saturated heterocycles. The van der Waals surface area contributed by atoms with E-state index in [9.17, 15) is 14.9 Å². The van der Waals surface area contributed by atoms with Crippen LogP contribution in [0.15, 0.2) is 30.3 Å². The van der Waals surface area contributed by atoms with Crippen molar-refractivity contribution in [2.45, 2.75) is 32.9 Å². The quantitative estimate of drug-likeness (QED) is 0.571. The minimum Gasteiger partial charge on any atom is -0.494 e. The van der Waals surface area contributed by atoms with Crippen molar-refractivity contribution in [1.29, 1.82) is 0 Å². The molecule has 1 atom stereocenters. The highest BCUT2D eigenvalue weighted by Gasteiger charge is 2.22. The summed E-state index contributed by atoms with van der Waals surface area (Å²) in [5, 5.41) is 14.4. The maximum absolute atomic E-state index is 11.3. The molecule has 8 heteroatoms. The van der Waals surface area contributed by atoms with E-state index in [1.54, 1.807) is 0 Å². The van der Waals surface area contributed by atoms with Crippen LogP contribution in [0.1, 0.15) is 35.3 Å². The fraction of sp³-hybridized carbons (Fsp3) is 0.316. The van der Waals surface area contributed by atoms with Gasteiger partial charge in [0.05, 0.1) is 11.5 Å². The van der Waals surface area contributed by atoms with Gasteiger partial charge >= 0.3 is 0 Å². The second-order valence-electron chi connectivity index (χ2n) is 6.34.